The average Bonchev–Trinajstić information content (AvgIpc) is 2.59. The molecule has 0 radical (unpaired) electrons. The number of aryl methyl sites for hydroxylation is 1. The van der Waals surface area contributed by atoms with Crippen LogP contribution in [0, 0.1) is 6.92 Å². The van der Waals surface area contributed by atoms with Gasteiger partial charge in [0.05, 0.1) is 0 Å². The summed E-state index contributed by atoms with van der Waals surface area (Å²) in [7, 11) is 3.63. The maximum atomic E-state index is 12.7. The van der Waals surface area contributed by atoms with Gasteiger partial charge in [-0.25, -0.2) is 19.9 Å². The summed E-state index contributed by atoms with van der Waals surface area (Å²) in [5.41, 5.74) is -0.121. The number of alkyl halides is 3. The van der Waals surface area contributed by atoms with Crippen LogP contribution in [-0.4, -0.2) is 46.5 Å². The van der Waals surface area contributed by atoms with Crippen molar-refractivity contribution >= 4 is 17.9 Å². The first-order valence-electron chi connectivity index (χ1n) is 8.02. The Labute approximate surface area is 154 Å². The normalized spacial score (nSPS) is 11.6. The van der Waals surface area contributed by atoms with Gasteiger partial charge in [-0.3, -0.25) is 4.79 Å². The third-order valence-electron chi connectivity index (χ3n) is 3.32. The number of hydrogen-bond donors (Lipinski definition) is 1. The smallest absolute Gasteiger partial charge is 0.352 e. The van der Waals surface area contributed by atoms with Crippen molar-refractivity contribution in [2.24, 2.45) is 0 Å². The molecule has 1 amide bonds. The summed E-state index contributed by atoms with van der Waals surface area (Å²) < 4.78 is 38.2. The molecule has 0 spiro atoms. The minimum absolute atomic E-state index is 0.0271. The van der Waals surface area contributed by atoms with Crippen molar-refractivity contribution in [1.29, 1.82) is 0 Å². The molecule has 1 N–H and O–H groups in total. The van der Waals surface area contributed by atoms with Crippen LogP contribution in [0.5, 0.6) is 0 Å². The molecule has 144 valence electrons. The van der Waals surface area contributed by atoms with Gasteiger partial charge >= 0.3 is 6.18 Å². The lowest BCUT2D eigenvalue weighted by Gasteiger charge is -2.09. The van der Waals surface area contributed by atoms with Gasteiger partial charge in [-0.1, -0.05) is 0 Å². The van der Waals surface area contributed by atoms with Crippen LogP contribution in [0.25, 0.3) is 6.08 Å². The molecule has 10 heteroatoms. The summed E-state index contributed by atoms with van der Waals surface area (Å²) in [6.45, 7) is 1.57. The monoisotopic (exact) mass is 380 g/mol. The summed E-state index contributed by atoms with van der Waals surface area (Å²) in [4.78, 5) is 29.2. The van der Waals surface area contributed by atoms with E-state index >= 15 is 0 Å². The Hall–Kier alpha value is -3.04. The van der Waals surface area contributed by atoms with Crippen molar-refractivity contribution in [3.05, 3.63) is 47.3 Å². The Balaban J connectivity index is 1.88. The van der Waals surface area contributed by atoms with Crippen LogP contribution in [0.2, 0.25) is 0 Å². The molecule has 2 aromatic rings. The molecule has 0 atom stereocenters. The number of rotatable bonds is 6. The second-order valence-corrected chi connectivity index (χ2v) is 5.89. The molecule has 2 aromatic heterocycles. The van der Waals surface area contributed by atoms with Crippen LogP contribution < -0.4 is 10.2 Å². The Morgan fingerprint density at radius 2 is 1.89 bits per heavy atom. The lowest BCUT2D eigenvalue weighted by molar-refractivity contribution is -0.141. The number of carbonyl (C=O) groups excluding carboxylic acids is 1. The van der Waals surface area contributed by atoms with Gasteiger partial charge in [0.15, 0.2) is 0 Å². The number of anilines is 1. The molecule has 0 aliphatic carbocycles. The highest BCUT2D eigenvalue weighted by molar-refractivity contribution is 5.91. The van der Waals surface area contributed by atoms with E-state index in [0.717, 1.165) is 6.07 Å². The summed E-state index contributed by atoms with van der Waals surface area (Å²) in [6.07, 6.45) is 1.55. The van der Waals surface area contributed by atoms with Gasteiger partial charge in [-0.05, 0) is 19.1 Å². The van der Waals surface area contributed by atoms with Gasteiger partial charge in [0.25, 0.3) is 0 Å². The molecule has 0 saturated carbocycles. The molecule has 2 heterocycles. The van der Waals surface area contributed by atoms with Crippen LogP contribution in [-0.2, 0) is 17.4 Å². The second-order valence-electron chi connectivity index (χ2n) is 5.89. The minimum atomic E-state index is -4.53. The fourth-order valence-electron chi connectivity index (χ4n) is 2.06. The summed E-state index contributed by atoms with van der Waals surface area (Å²) in [6, 6.07) is 0.883. The van der Waals surface area contributed by atoms with E-state index in [-0.39, 0.29) is 24.5 Å². The van der Waals surface area contributed by atoms with Gasteiger partial charge in [-0.15, -0.1) is 0 Å². The molecule has 0 bridgehead atoms. The first-order chi connectivity index (χ1) is 12.6. The van der Waals surface area contributed by atoms with E-state index < -0.39 is 17.8 Å². The highest BCUT2D eigenvalue weighted by atomic mass is 19.4. The molecule has 0 aliphatic rings. The highest BCUT2D eigenvalue weighted by Gasteiger charge is 2.33. The molecule has 0 aromatic carbocycles. The first kappa shape index (κ1) is 20.3. The van der Waals surface area contributed by atoms with Crippen LogP contribution in [0.15, 0.2) is 24.5 Å². The van der Waals surface area contributed by atoms with Crippen LogP contribution in [0.4, 0.5) is 19.1 Å². The fraction of sp³-hybridized carbons (Fsp3) is 0.353. The van der Waals surface area contributed by atoms with Crippen LogP contribution in [0.1, 0.15) is 22.8 Å². The largest absolute Gasteiger partial charge is 0.433 e. The van der Waals surface area contributed by atoms with E-state index in [1.165, 1.54) is 13.0 Å². The quantitative estimate of drug-likeness (QED) is 0.772. The summed E-state index contributed by atoms with van der Waals surface area (Å²) in [5, 5.41) is 2.57. The minimum Gasteiger partial charge on any atom is -0.352 e. The van der Waals surface area contributed by atoms with Crippen LogP contribution in [0.3, 0.4) is 0 Å². The molecule has 0 saturated heterocycles. The van der Waals surface area contributed by atoms with Crippen molar-refractivity contribution in [2.45, 2.75) is 19.5 Å². The van der Waals surface area contributed by atoms with Crippen molar-refractivity contribution in [2.75, 3.05) is 25.5 Å². The van der Waals surface area contributed by atoms with E-state index in [1.807, 2.05) is 14.1 Å². The maximum Gasteiger partial charge on any atom is 0.433 e. The molecule has 0 fully saturated rings. The number of carbonyl (C=O) groups is 1. The van der Waals surface area contributed by atoms with E-state index in [0.29, 0.717) is 11.5 Å². The number of nitrogens with one attached hydrogen (secondary N) is 1. The van der Waals surface area contributed by atoms with Gasteiger partial charge in [0, 0.05) is 56.8 Å². The molecule has 2 rings (SSSR count). The third kappa shape index (κ3) is 6.32. The van der Waals surface area contributed by atoms with E-state index in [9.17, 15) is 18.0 Å². The SMILES string of the molecule is Cc1cc(C(F)(F)F)nc(CCNC(=O)/C=C/c2cnc(N(C)C)nc2)n1. The standard InChI is InChI=1S/C17H19F3N6O/c1-11-8-13(17(18,19)20)25-14(24-11)6-7-21-15(27)5-4-12-9-22-16(23-10-12)26(2)3/h4-5,8-10H,6-7H2,1-3H3,(H,21,27)/b5-4+. The lowest BCUT2D eigenvalue weighted by atomic mass is 10.3. The third-order valence-corrected chi connectivity index (χ3v) is 3.32. The predicted octanol–water partition coefficient (Wildman–Crippen LogP) is 2.03. The zero-order valence-electron chi connectivity index (χ0n) is 15.1. The molecule has 7 nitrogen and oxygen atoms in total. The highest BCUT2D eigenvalue weighted by Crippen LogP contribution is 2.27. The zero-order valence-corrected chi connectivity index (χ0v) is 15.1. The Morgan fingerprint density at radius 3 is 2.48 bits per heavy atom. The Bertz CT molecular complexity index is 818. The topological polar surface area (TPSA) is 83.9 Å². The van der Waals surface area contributed by atoms with Gasteiger partial charge < -0.3 is 10.2 Å². The Kier molecular flexibility index (Phi) is 6.43. The van der Waals surface area contributed by atoms with Gasteiger partial charge in [0.1, 0.15) is 11.5 Å². The number of aromatic nitrogens is 4. The molecule has 0 unspecified atom stereocenters. The lowest BCUT2D eigenvalue weighted by Crippen LogP contribution is -2.24. The molecule has 0 aliphatic heterocycles. The van der Waals surface area contributed by atoms with Crippen molar-refractivity contribution in [3.8, 4) is 0 Å². The van der Waals surface area contributed by atoms with Crippen LogP contribution >= 0.6 is 0 Å². The second kappa shape index (κ2) is 8.56. The molecular formula is C17H19F3N6O. The zero-order chi connectivity index (χ0) is 20.0. The van der Waals surface area contributed by atoms with Crippen molar-refractivity contribution in [1.82, 2.24) is 25.3 Å². The van der Waals surface area contributed by atoms with Crippen molar-refractivity contribution < 1.29 is 18.0 Å². The maximum absolute atomic E-state index is 12.7. The van der Waals surface area contributed by atoms with Gasteiger partial charge in [-0.2, -0.15) is 13.2 Å². The number of nitrogens with zero attached hydrogens (tertiary/aromatic N) is 5. The average molecular weight is 380 g/mol. The van der Waals surface area contributed by atoms with Crippen molar-refractivity contribution in [3.63, 3.8) is 0 Å². The fourth-order valence-corrected chi connectivity index (χ4v) is 2.06. The molecular weight excluding hydrogens is 361 g/mol. The van der Waals surface area contributed by atoms with E-state index in [4.69, 9.17) is 0 Å². The number of halogens is 3. The Morgan fingerprint density at radius 1 is 1.22 bits per heavy atom. The first-order valence-corrected chi connectivity index (χ1v) is 8.02. The van der Waals surface area contributed by atoms with E-state index in [1.54, 1.807) is 23.4 Å². The number of amides is 1. The predicted molar refractivity (Wildman–Crippen MR) is 93.9 cm³/mol. The van der Waals surface area contributed by atoms with E-state index in [2.05, 4.69) is 25.3 Å². The number of hydrogen-bond acceptors (Lipinski definition) is 6. The summed E-state index contributed by atoms with van der Waals surface area (Å²) >= 11 is 0. The molecule has 27 heavy (non-hydrogen) atoms. The summed E-state index contributed by atoms with van der Waals surface area (Å²) in [5.74, 6) is 0.183. The van der Waals surface area contributed by atoms with Gasteiger partial charge in [0.2, 0.25) is 11.9 Å².